The fourth-order valence-electron chi connectivity index (χ4n) is 5.35. The van der Waals surface area contributed by atoms with E-state index in [2.05, 4.69) is 30.4 Å². The Bertz CT molecular complexity index is 1270. The predicted molar refractivity (Wildman–Crippen MR) is 143 cm³/mol. The van der Waals surface area contributed by atoms with Crippen LogP contribution in [0.4, 0.5) is 22.2 Å². The van der Waals surface area contributed by atoms with E-state index in [4.69, 9.17) is 14.7 Å². The van der Waals surface area contributed by atoms with E-state index in [0.717, 1.165) is 62.4 Å². The van der Waals surface area contributed by atoms with Gasteiger partial charge in [-0.15, -0.1) is 0 Å². The number of hydrogen-bond donors (Lipinski definition) is 3. The number of nitrogens with one attached hydrogen (secondary N) is 2. The molecule has 0 bridgehead atoms. The first-order valence-electron chi connectivity index (χ1n) is 13.2. The SMILES string of the molecule is O=C(Nc1ccc(-c2nc3c(c(N4CCOCC4)n2)CCN(c2ncccn2)C3)cc1)N[C@H]1CCC[C@H]1O. The molecular weight excluding hydrogens is 484 g/mol. The van der Waals surface area contributed by atoms with Gasteiger partial charge in [-0.2, -0.15) is 0 Å². The van der Waals surface area contributed by atoms with Crippen LogP contribution in [-0.2, 0) is 17.7 Å². The number of anilines is 3. The first kappa shape index (κ1) is 24.5. The molecule has 1 aromatic carbocycles. The predicted octanol–water partition coefficient (Wildman–Crippen LogP) is 2.37. The van der Waals surface area contributed by atoms with Crippen molar-refractivity contribution in [3.63, 3.8) is 0 Å². The molecule has 0 radical (unpaired) electrons. The van der Waals surface area contributed by atoms with Crippen molar-refractivity contribution in [1.29, 1.82) is 0 Å². The van der Waals surface area contributed by atoms with Crippen LogP contribution < -0.4 is 20.4 Å². The lowest BCUT2D eigenvalue weighted by Gasteiger charge is -2.34. The van der Waals surface area contributed by atoms with E-state index < -0.39 is 6.10 Å². The van der Waals surface area contributed by atoms with Crippen molar-refractivity contribution in [3.05, 3.63) is 54.0 Å². The average molecular weight is 517 g/mol. The minimum absolute atomic E-state index is 0.197. The number of urea groups is 1. The quantitative estimate of drug-likeness (QED) is 0.468. The number of aliphatic hydroxyl groups is 1. The summed E-state index contributed by atoms with van der Waals surface area (Å²) in [5, 5.41) is 15.7. The topological polar surface area (TPSA) is 129 Å². The maximum absolute atomic E-state index is 12.4. The van der Waals surface area contributed by atoms with Gasteiger partial charge >= 0.3 is 6.03 Å². The number of aromatic nitrogens is 4. The molecule has 4 heterocycles. The van der Waals surface area contributed by atoms with Crippen LogP contribution in [0.1, 0.15) is 30.5 Å². The summed E-state index contributed by atoms with van der Waals surface area (Å²) in [6.07, 6.45) is 6.29. The Labute approximate surface area is 221 Å². The second kappa shape index (κ2) is 10.9. The molecule has 3 N–H and O–H groups in total. The van der Waals surface area contributed by atoms with Crippen molar-refractivity contribution in [3.8, 4) is 11.4 Å². The first-order valence-corrected chi connectivity index (χ1v) is 13.2. The number of ether oxygens (including phenoxy) is 1. The standard InChI is InChI=1S/C27H32N8O3/c36-23-4-1-3-21(23)32-27(37)30-19-7-5-18(6-8-19)24-31-22-17-35(26-28-10-2-11-29-26)12-9-20(22)25(33-24)34-13-15-38-16-14-34/h2,5-8,10-11,21,23,36H,1,3-4,9,12-17H2,(H2,30,32,37)/t21-,23+/m0/s1. The van der Waals surface area contributed by atoms with Crippen LogP contribution in [0, 0.1) is 0 Å². The molecule has 11 heteroatoms. The maximum atomic E-state index is 12.4. The third-order valence-corrected chi connectivity index (χ3v) is 7.39. The minimum atomic E-state index is -0.477. The zero-order chi connectivity index (χ0) is 25.9. The molecule has 2 amide bonds. The molecule has 2 aromatic heterocycles. The van der Waals surface area contributed by atoms with Crippen LogP contribution in [0.15, 0.2) is 42.7 Å². The number of benzene rings is 1. The lowest BCUT2D eigenvalue weighted by molar-refractivity contribution is 0.122. The number of aliphatic hydroxyl groups excluding tert-OH is 1. The maximum Gasteiger partial charge on any atom is 0.319 e. The fraction of sp³-hybridized carbons (Fsp3) is 0.444. The first-order chi connectivity index (χ1) is 18.6. The Morgan fingerprint density at radius 2 is 1.79 bits per heavy atom. The highest BCUT2D eigenvalue weighted by atomic mass is 16.5. The molecule has 6 rings (SSSR count). The molecule has 0 unspecified atom stereocenters. The van der Waals surface area contributed by atoms with Crippen molar-refractivity contribution >= 4 is 23.5 Å². The number of nitrogens with zero attached hydrogens (tertiary/aromatic N) is 6. The number of amides is 2. The van der Waals surface area contributed by atoms with Crippen molar-refractivity contribution in [2.75, 3.05) is 48.0 Å². The van der Waals surface area contributed by atoms with E-state index >= 15 is 0 Å². The van der Waals surface area contributed by atoms with Crippen molar-refractivity contribution < 1.29 is 14.6 Å². The Kier molecular flexibility index (Phi) is 7.02. The molecule has 3 aliphatic rings. The second-order valence-corrected chi connectivity index (χ2v) is 9.90. The van der Waals surface area contributed by atoms with Crippen LogP contribution in [0.2, 0.25) is 0 Å². The summed E-state index contributed by atoms with van der Waals surface area (Å²) in [6, 6.07) is 8.85. The van der Waals surface area contributed by atoms with Gasteiger partial charge in [0, 0.05) is 48.8 Å². The number of hydrogen-bond acceptors (Lipinski definition) is 9. The molecule has 3 aromatic rings. The monoisotopic (exact) mass is 516 g/mol. The van der Waals surface area contributed by atoms with E-state index in [1.165, 1.54) is 5.56 Å². The summed E-state index contributed by atoms with van der Waals surface area (Å²) in [6.45, 7) is 4.36. The molecule has 2 fully saturated rings. The van der Waals surface area contributed by atoms with Crippen LogP contribution in [0.5, 0.6) is 0 Å². The van der Waals surface area contributed by atoms with Crippen LogP contribution in [0.25, 0.3) is 11.4 Å². The van der Waals surface area contributed by atoms with Crippen molar-refractivity contribution in [2.45, 2.75) is 44.4 Å². The smallest absolute Gasteiger partial charge is 0.319 e. The highest BCUT2D eigenvalue weighted by molar-refractivity contribution is 5.89. The molecule has 11 nitrogen and oxygen atoms in total. The molecular formula is C27H32N8O3. The van der Waals surface area contributed by atoms with Gasteiger partial charge < -0.3 is 30.3 Å². The summed E-state index contributed by atoms with van der Waals surface area (Å²) in [7, 11) is 0. The van der Waals surface area contributed by atoms with Gasteiger partial charge in [-0.1, -0.05) is 0 Å². The molecule has 198 valence electrons. The summed E-state index contributed by atoms with van der Waals surface area (Å²) in [4.78, 5) is 35.7. The lowest BCUT2D eigenvalue weighted by Crippen LogP contribution is -2.42. The highest BCUT2D eigenvalue weighted by Crippen LogP contribution is 2.31. The summed E-state index contributed by atoms with van der Waals surface area (Å²) in [5.41, 5.74) is 3.68. The summed E-state index contributed by atoms with van der Waals surface area (Å²) in [5.74, 6) is 2.31. The van der Waals surface area contributed by atoms with Crippen LogP contribution in [-0.4, -0.2) is 76.1 Å². The van der Waals surface area contributed by atoms with Gasteiger partial charge in [0.05, 0.1) is 37.6 Å². The molecule has 2 aliphatic heterocycles. The Hall–Kier alpha value is -3.83. The van der Waals surface area contributed by atoms with E-state index in [1.54, 1.807) is 12.4 Å². The molecule has 1 saturated heterocycles. The zero-order valence-corrected chi connectivity index (χ0v) is 21.2. The van der Waals surface area contributed by atoms with Gasteiger partial charge in [-0.25, -0.2) is 24.7 Å². The molecule has 0 spiro atoms. The van der Waals surface area contributed by atoms with Gasteiger partial charge in [0.2, 0.25) is 5.95 Å². The van der Waals surface area contributed by atoms with E-state index in [-0.39, 0.29) is 12.1 Å². The van der Waals surface area contributed by atoms with Gasteiger partial charge in [-0.05, 0) is 56.0 Å². The molecule has 1 aliphatic carbocycles. The van der Waals surface area contributed by atoms with Crippen LogP contribution in [0.3, 0.4) is 0 Å². The fourth-order valence-corrected chi connectivity index (χ4v) is 5.35. The van der Waals surface area contributed by atoms with Gasteiger partial charge in [0.15, 0.2) is 5.82 Å². The highest BCUT2D eigenvalue weighted by Gasteiger charge is 2.28. The van der Waals surface area contributed by atoms with E-state index in [0.29, 0.717) is 37.2 Å². The Balaban J connectivity index is 1.24. The number of carbonyl (C=O) groups is 1. The molecule has 1 saturated carbocycles. The Morgan fingerprint density at radius 3 is 2.53 bits per heavy atom. The average Bonchev–Trinajstić information content (AvgIpc) is 3.37. The number of carbonyl (C=O) groups excluding carboxylic acids is 1. The number of morpholine rings is 1. The summed E-state index contributed by atoms with van der Waals surface area (Å²) < 4.78 is 5.58. The second-order valence-electron chi connectivity index (χ2n) is 9.90. The van der Waals surface area contributed by atoms with Crippen LogP contribution >= 0.6 is 0 Å². The normalized spacial score (nSPS) is 21.2. The van der Waals surface area contributed by atoms with Gasteiger partial charge in [0.25, 0.3) is 0 Å². The molecule has 38 heavy (non-hydrogen) atoms. The number of rotatable bonds is 5. The van der Waals surface area contributed by atoms with Gasteiger partial charge in [0.1, 0.15) is 5.82 Å². The van der Waals surface area contributed by atoms with Crippen molar-refractivity contribution in [1.82, 2.24) is 25.3 Å². The van der Waals surface area contributed by atoms with Crippen molar-refractivity contribution in [2.24, 2.45) is 0 Å². The lowest BCUT2D eigenvalue weighted by atomic mass is 10.0. The molecule has 2 atom stereocenters. The minimum Gasteiger partial charge on any atom is -0.391 e. The summed E-state index contributed by atoms with van der Waals surface area (Å²) >= 11 is 0. The van der Waals surface area contributed by atoms with E-state index in [1.807, 2.05) is 30.3 Å². The van der Waals surface area contributed by atoms with E-state index in [9.17, 15) is 9.90 Å². The number of fused-ring (bicyclic) bond motifs is 1. The Morgan fingerprint density at radius 1 is 1.00 bits per heavy atom. The third-order valence-electron chi connectivity index (χ3n) is 7.39. The largest absolute Gasteiger partial charge is 0.391 e. The van der Waals surface area contributed by atoms with Gasteiger partial charge in [-0.3, -0.25) is 0 Å². The zero-order valence-electron chi connectivity index (χ0n) is 21.2. The third kappa shape index (κ3) is 5.25.